The van der Waals surface area contributed by atoms with Crippen LogP contribution in [-0.2, 0) is 26.2 Å². The molecule has 42 heavy (non-hydrogen) atoms. The predicted molar refractivity (Wildman–Crippen MR) is 167 cm³/mol. The topological polar surface area (TPSA) is 96.0 Å². The molecule has 0 saturated heterocycles. The fraction of sp³-hybridized carbons (Fsp3) is 0.394. The minimum Gasteiger partial charge on any atom is -0.497 e. The van der Waals surface area contributed by atoms with Crippen molar-refractivity contribution in [3.05, 3.63) is 89.0 Å². The highest BCUT2D eigenvalue weighted by Crippen LogP contribution is 2.29. The Morgan fingerprint density at radius 1 is 0.929 bits per heavy atom. The van der Waals surface area contributed by atoms with Crippen LogP contribution in [0.25, 0.3) is 0 Å². The molecule has 0 bridgehead atoms. The lowest BCUT2D eigenvalue weighted by atomic mass is 10.1. The normalized spacial score (nSPS) is 12.0. The van der Waals surface area contributed by atoms with Gasteiger partial charge in [0.15, 0.2) is 0 Å². The van der Waals surface area contributed by atoms with Gasteiger partial charge in [-0.15, -0.1) is 0 Å². The summed E-state index contributed by atoms with van der Waals surface area (Å²) in [7, 11) is -2.56. The van der Waals surface area contributed by atoms with Crippen molar-refractivity contribution >= 4 is 27.5 Å². The maximum atomic E-state index is 14.2. The lowest BCUT2D eigenvalue weighted by Gasteiger charge is -2.33. The monoisotopic (exact) mass is 593 g/mol. The average molecular weight is 594 g/mol. The molecule has 3 rings (SSSR count). The van der Waals surface area contributed by atoms with Crippen LogP contribution < -0.4 is 14.4 Å². The maximum Gasteiger partial charge on any atom is 0.264 e. The quantitative estimate of drug-likeness (QED) is 0.248. The molecule has 0 aliphatic heterocycles. The third-order valence-electron chi connectivity index (χ3n) is 7.21. The number of anilines is 1. The highest BCUT2D eigenvalue weighted by atomic mass is 32.2. The number of aryl methyl sites for hydroxylation is 3. The number of nitrogens with zero attached hydrogens (tertiary/aromatic N) is 2. The molecule has 0 saturated carbocycles. The number of rotatable bonds is 14. The van der Waals surface area contributed by atoms with E-state index in [1.54, 1.807) is 43.5 Å². The van der Waals surface area contributed by atoms with Gasteiger partial charge in [0.05, 0.1) is 17.7 Å². The zero-order valence-corrected chi connectivity index (χ0v) is 26.3. The molecule has 8 nitrogen and oxygen atoms in total. The summed E-state index contributed by atoms with van der Waals surface area (Å²) in [5, 5.41) is 2.95. The maximum absolute atomic E-state index is 14.2. The van der Waals surface area contributed by atoms with Gasteiger partial charge in [-0.05, 0) is 75.1 Å². The van der Waals surface area contributed by atoms with E-state index >= 15 is 0 Å². The smallest absolute Gasteiger partial charge is 0.264 e. The van der Waals surface area contributed by atoms with Gasteiger partial charge in [-0.25, -0.2) is 8.42 Å². The number of carbonyl (C=O) groups excluding carboxylic acids is 2. The summed E-state index contributed by atoms with van der Waals surface area (Å²) in [5.41, 5.74) is 3.80. The third kappa shape index (κ3) is 8.12. The molecule has 0 unspecified atom stereocenters. The molecule has 1 N–H and O–H groups in total. The number of hydrogen-bond acceptors (Lipinski definition) is 5. The molecular weight excluding hydrogens is 550 g/mol. The van der Waals surface area contributed by atoms with E-state index in [4.69, 9.17) is 4.74 Å². The van der Waals surface area contributed by atoms with E-state index in [9.17, 15) is 18.0 Å². The third-order valence-corrected chi connectivity index (χ3v) is 8.99. The van der Waals surface area contributed by atoms with Gasteiger partial charge in [0.2, 0.25) is 11.8 Å². The van der Waals surface area contributed by atoms with E-state index in [1.807, 2.05) is 65.0 Å². The number of hydrogen-bond donors (Lipinski definition) is 1. The van der Waals surface area contributed by atoms with E-state index in [2.05, 4.69) is 5.32 Å². The first-order chi connectivity index (χ1) is 20.0. The molecule has 0 fully saturated rings. The minimum absolute atomic E-state index is 0.0876. The highest BCUT2D eigenvalue weighted by molar-refractivity contribution is 7.92. The number of carbonyl (C=O) groups is 2. The molecule has 0 heterocycles. The average Bonchev–Trinajstić information content (AvgIpc) is 2.96. The van der Waals surface area contributed by atoms with Gasteiger partial charge in [0.25, 0.3) is 10.0 Å². The van der Waals surface area contributed by atoms with Crippen molar-refractivity contribution in [1.82, 2.24) is 10.2 Å². The zero-order valence-electron chi connectivity index (χ0n) is 25.5. The van der Waals surface area contributed by atoms with Crippen LogP contribution >= 0.6 is 0 Å². The van der Waals surface area contributed by atoms with Crippen LogP contribution in [0.5, 0.6) is 5.75 Å². The van der Waals surface area contributed by atoms with Crippen LogP contribution in [0, 0.1) is 20.8 Å². The van der Waals surface area contributed by atoms with E-state index in [1.165, 1.54) is 4.90 Å². The molecule has 0 spiro atoms. The summed E-state index contributed by atoms with van der Waals surface area (Å²) < 4.78 is 34.7. The lowest BCUT2D eigenvalue weighted by molar-refractivity contribution is -0.140. The number of methoxy groups -OCH3 is 1. The van der Waals surface area contributed by atoms with Crippen molar-refractivity contribution in [3.63, 3.8) is 0 Å². The number of amides is 2. The Labute approximate surface area is 250 Å². The lowest BCUT2D eigenvalue weighted by Crippen LogP contribution is -2.52. The standard InChI is InChI=1S/C33H43N3O5S/c1-7-9-19-34-33(38)30(8-2)35(22-27-11-10-12-28(21-27)41-6)32(37)23-36(31-18-15-25(4)20-26(31)5)42(39,40)29-16-13-24(3)14-17-29/h10-18,20-21,30H,7-9,19,22-23H2,1-6H3,(H,34,38)/t30-/m1/s1. The Balaban J connectivity index is 2.08. The second kappa shape index (κ2) is 14.9. The Bertz CT molecular complexity index is 1470. The van der Waals surface area contributed by atoms with E-state index in [0.717, 1.165) is 39.4 Å². The number of ether oxygens (including phenoxy) is 1. The van der Waals surface area contributed by atoms with Gasteiger partial charge >= 0.3 is 0 Å². The Morgan fingerprint density at radius 3 is 2.24 bits per heavy atom. The van der Waals surface area contributed by atoms with Gasteiger partial charge < -0.3 is 15.0 Å². The molecular formula is C33H43N3O5S. The van der Waals surface area contributed by atoms with Gasteiger partial charge in [-0.1, -0.05) is 67.8 Å². The molecule has 226 valence electrons. The number of sulfonamides is 1. The second-order valence-corrected chi connectivity index (χ2v) is 12.4. The first-order valence-electron chi connectivity index (χ1n) is 14.4. The van der Waals surface area contributed by atoms with Crippen LogP contribution in [0.4, 0.5) is 5.69 Å². The highest BCUT2D eigenvalue weighted by Gasteiger charge is 2.34. The van der Waals surface area contributed by atoms with Crippen LogP contribution in [0.2, 0.25) is 0 Å². The second-order valence-electron chi connectivity index (χ2n) is 10.6. The van der Waals surface area contributed by atoms with Gasteiger partial charge in [-0.2, -0.15) is 0 Å². The molecule has 0 aliphatic carbocycles. The zero-order chi connectivity index (χ0) is 30.9. The number of unbranched alkanes of at least 4 members (excludes halogenated alkanes) is 1. The van der Waals surface area contributed by atoms with Crippen molar-refractivity contribution in [2.45, 2.75) is 71.4 Å². The molecule has 0 radical (unpaired) electrons. The summed E-state index contributed by atoms with van der Waals surface area (Å²) >= 11 is 0. The van der Waals surface area contributed by atoms with Crippen LogP contribution in [-0.4, -0.2) is 51.4 Å². The molecule has 3 aromatic rings. The first-order valence-corrected chi connectivity index (χ1v) is 15.8. The molecule has 1 atom stereocenters. The van der Waals surface area contributed by atoms with Gasteiger partial charge in [0.1, 0.15) is 18.3 Å². The Morgan fingerprint density at radius 2 is 1.62 bits per heavy atom. The molecule has 3 aromatic carbocycles. The molecule has 2 amide bonds. The summed E-state index contributed by atoms with van der Waals surface area (Å²) in [5.74, 6) is -0.119. The summed E-state index contributed by atoms with van der Waals surface area (Å²) in [6.07, 6.45) is 2.11. The molecule has 0 aromatic heterocycles. The van der Waals surface area contributed by atoms with Crippen LogP contribution in [0.3, 0.4) is 0 Å². The minimum atomic E-state index is -4.12. The predicted octanol–water partition coefficient (Wildman–Crippen LogP) is 5.54. The van der Waals surface area contributed by atoms with E-state index in [0.29, 0.717) is 24.4 Å². The van der Waals surface area contributed by atoms with Crippen molar-refractivity contribution in [3.8, 4) is 5.75 Å². The van der Waals surface area contributed by atoms with Crippen molar-refractivity contribution in [1.29, 1.82) is 0 Å². The largest absolute Gasteiger partial charge is 0.497 e. The number of benzene rings is 3. The SMILES string of the molecule is CCCCNC(=O)[C@@H](CC)N(Cc1cccc(OC)c1)C(=O)CN(c1ccc(C)cc1C)S(=O)(=O)c1ccc(C)cc1. The van der Waals surface area contributed by atoms with Crippen molar-refractivity contribution in [2.24, 2.45) is 0 Å². The van der Waals surface area contributed by atoms with Crippen molar-refractivity contribution in [2.75, 3.05) is 24.5 Å². The summed E-state index contributed by atoms with van der Waals surface area (Å²) in [4.78, 5) is 29.2. The summed E-state index contributed by atoms with van der Waals surface area (Å²) in [6.45, 7) is 9.68. The van der Waals surface area contributed by atoms with Crippen LogP contribution in [0.15, 0.2) is 71.6 Å². The van der Waals surface area contributed by atoms with E-state index in [-0.39, 0.29) is 17.3 Å². The summed E-state index contributed by atoms with van der Waals surface area (Å²) in [6, 6.07) is 18.5. The Hall–Kier alpha value is -3.85. The first kappa shape index (κ1) is 32.7. The van der Waals surface area contributed by atoms with Gasteiger partial charge in [-0.3, -0.25) is 13.9 Å². The van der Waals surface area contributed by atoms with Gasteiger partial charge in [0, 0.05) is 13.1 Å². The number of nitrogens with one attached hydrogen (secondary N) is 1. The van der Waals surface area contributed by atoms with E-state index < -0.39 is 28.5 Å². The molecule has 0 aliphatic rings. The Kier molecular flexibility index (Phi) is 11.6. The van der Waals surface area contributed by atoms with Crippen molar-refractivity contribution < 1.29 is 22.7 Å². The fourth-order valence-corrected chi connectivity index (χ4v) is 6.31. The van der Waals surface area contributed by atoms with Crippen LogP contribution in [0.1, 0.15) is 55.4 Å². The fourth-order valence-electron chi connectivity index (χ4n) is 4.83. The molecule has 9 heteroatoms.